The third-order valence-corrected chi connectivity index (χ3v) is 7.71. The molecule has 0 bridgehead atoms. The van der Waals surface area contributed by atoms with Crippen molar-refractivity contribution in [3.05, 3.63) is 63.3 Å². The van der Waals surface area contributed by atoms with Crippen molar-refractivity contribution in [2.24, 2.45) is 11.8 Å². The van der Waals surface area contributed by atoms with Crippen LogP contribution in [0.25, 0.3) is 0 Å². The predicted molar refractivity (Wildman–Crippen MR) is 123 cm³/mol. The summed E-state index contributed by atoms with van der Waals surface area (Å²) in [5.41, 5.74) is -1.37. The number of alkyl halides is 4. The van der Waals surface area contributed by atoms with Gasteiger partial charge in [-0.3, -0.25) is 9.59 Å². The Balaban J connectivity index is 1.44. The maximum absolute atomic E-state index is 14.6. The van der Waals surface area contributed by atoms with Crippen LogP contribution in [0.15, 0.2) is 35.3 Å². The molecule has 1 aromatic carbocycles. The molecule has 1 aliphatic heterocycles. The highest BCUT2D eigenvalue weighted by molar-refractivity contribution is 5.99. The van der Waals surface area contributed by atoms with Crippen molar-refractivity contribution >= 4 is 11.6 Å². The molecule has 1 aromatic heterocycles. The van der Waals surface area contributed by atoms with E-state index in [1.54, 1.807) is 0 Å². The van der Waals surface area contributed by atoms with E-state index in [1.807, 2.05) is 7.05 Å². The van der Waals surface area contributed by atoms with Crippen LogP contribution in [0.5, 0.6) is 0 Å². The number of halogens is 5. The van der Waals surface area contributed by atoms with Crippen LogP contribution in [0.1, 0.15) is 59.8 Å². The first-order valence-electron chi connectivity index (χ1n) is 11.9. The Hall–Kier alpha value is -2.95. The Bertz CT molecular complexity index is 1240. The van der Waals surface area contributed by atoms with Crippen molar-refractivity contribution in [3.63, 3.8) is 0 Å². The van der Waals surface area contributed by atoms with Crippen LogP contribution >= 0.6 is 0 Å². The number of nitrogens with zero attached hydrogens (tertiary/aromatic N) is 2. The summed E-state index contributed by atoms with van der Waals surface area (Å²) in [6.07, 6.45) is -2.14. The molecule has 2 heterocycles. The highest BCUT2D eigenvalue weighted by Gasteiger charge is 2.55. The summed E-state index contributed by atoms with van der Waals surface area (Å²) in [6.45, 7) is 3.17. The first-order chi connectivity index (χ1) is 17.0. The molecule has 3 aliphatic rings. The van der Waals surface area contributed by atoms with Crippen LogP contribution in [-0.4, -0.2) is 47.5 Å². The fraction of sp³-hybridized carbons (Fsp3) is 0.520. The van der Waals surface area contributed by atoms with E-state index in [2.05, 4.69) is 15.5 Å². The molecular weight excluding hydrogens is 483 g/mol. The van der Waals surface area contributed by atoms with Crippen LogP contribution in [0.4, 0.5) is 27.6 Å². The molecule has 2 aliphatic carbocycles. The van der Waals surface area contributed by atoms with Gasteiger partial charge < -0.3 is 20.1 Å². The Morgan fingerprint density at radius 3 is 2.42 bits per heavy atom. The third kappa shape index (κ3) is 4.27. The zero-order valence-corrected chi connectivity index (χ0v) is 19.8. The molecule has 1 saturated heterocycles. The maximum atomic E-state index is 14.6. The van der Waals surface area contributed by atoms with E-state index in [1.165, 1.54) is 19.1 Å². The number of amides is 1. The average Bonchev–Trinajstić information content (AvgIpc) is 3.24. The van der Waals surface area contributed by atoms with Gasteiger partial charge in [0.15, 0.2) is 0 Å². The van der Waals surface area contributed by atoms with Crippen molar-refractivity contribution in [2.45, 2.75) is 50.2 Å². The molecule has 6 nitrogen and oxygen atoms in total. The van der Waals surface area contributed by atoms with Gasteiger partial charge in [-0.05, 0) is 32.2 Å². The fourth-order valence-electron chi connectivity index (χ4n) is 5.48. The molecule has 36 heavy (non-hydrogen) atoms. The van der Waals surface area contributed by atoms with E-state index in [4.69, 9.17) is 0 Å². The van der Waals surface area contributed by atoms with Gasteiger partial charge in [0.25, 0.3) is 23.8 Å². The van der Waals surface area contributed by atoms with Gasteiger partial charge in [0, 0.05) is 43.4 Å². The van der Waals surface area contributed by atoms with Crippen molar-refractivity contribution < 1.29 is 26.7 Å². The lowest BCUT2D eigenvalue weighted by molar-refractivity contribution is -0.123. The minimum atomic E-state index is -3.06. The normalized spacial score (nSPS) is 27.3. The minimum Gasteiger partial charge on any atom is -0.381 e. The summed E-state index contributed by atoms with van der Waals surface area (Å²) in [6, 6.07) is 2.40. The quantitative estimate of drug-likeness (QED) is 0.544. The molecule has 194 valence electrons. The van der Waals surface area contributed by atoms with Crippen LogP contribution in [0.3, 0.4) is 0 Å². The Labute approximate surface area is 204 Å². The summed E-state index contributed by atoms with van der Waals surface area (Å²) >= 11 is 0. The van der Waals surface area contributed by atoms with Crippen molar-refractivity contribution in [2.75, 3.05) is 25.5 Å². The van der Waals surface area contributed by atoms with Gasteiger partial charge >= 0.3 is 0 Å². The van der Waals surface area contributed by atoms with E-state index < -0.39 is 47.3 Å². The monoisotopic (exact) mass is 510 g/mol. The van der Waals surface area contributed by atoms with E-state index >= 15 is 0 Å². The first-order valence-corrected chi connectivity index (χ1v) is 11.9. The maximum Gasteiger partial charge on any atom is 0.268 e. The lowest BCUT2D eigenvalue weighted by Gasteiger charge is -2.37. The lowest BCUT2D eigenvalue weighted by atomic mass is 9.87. The van der Waals surface area contributed by atoms with Crippen molar-refractivity contribution in [1.82, 2.24) is 14.8 Å². The number of pyridine rings is 1. The summed E-state index contributed by atoms with van der Waals surface area (Å²) in [5.74, 6) is -4.20. The number of likely N-dealkylation sites (tertiary alicyclic amines) is 1. The highest BCUT2D eigenvalue weighted by atomic mass is 19.3. The number of nitrogens with one attached hydrogen (secondary N) is 2. The molecule has 2 saturated carbocycles. The Morgan fingerprint density at radius 2 is 1.83 bits per heavy atom. The zero-order valence-electron chi connectivity index (χ0n) is 19.8. The van der Waals surface area contributed by atoms with Gasteiger partial charge in [-0.1, -0.05) is 18.2 Å². The Kier molecular flexibility index (Phi) is 6.09. The standard InChI is InChI=1S/C25H27F5N4O2/c1-12(13-4-3-5-14(21(13)26)23(27)28)31-24(36)17-11-34(19-6-7-25(19,29)30)20(35)8-18(17)32-22-15-9-33(2)10-16(15)22/h3-5,8,11-12,15-16,19,22-23,32H,6-7,9-10H2,1-2H3,(H,31,36)/t12-,15-,16+,19+,22-/m1/s1. The minimum absolute atomic E-state index is 0.0344. The molecule has 5 rings (SSSR count). The average molecular weight is 511 g/mol. The molecule has 2 N–H and O–H groups in total. The topological polar surface area (TPSA) is 66.4 Å². The number of fused-ring (bicyclic) bond motifs is 1. The molecular formula is C25H27F5N4O2. The largest absolute Gasteiger partial charge is 0.381 e. The van der Waals surface area contributed by atoms with E-state index in [0.717, 1.165) is 36.0 Å². The fourth-order valence-corrected chi connectivity index (χ4v) is 5.48. The van der Waals surface area contributed by atoms with E-state index in [9.17, 15) is 31.5 Å². The van der Waals surface area contributed by atoms with E-state index in [0.29, 0.717) is 11.8 Å². The highest BCUT2D eigenvalue weighted by Crippen LogP contribution is 2.48. The summed E-state index contributed by atoms with van der Waals surface area (Å²) < 4.78 is 70.0. The summed E-state index contributed by atoms with van der Waals surface area (Å²) in [5, 5.41) is 5.82. The van der Waals surface area contributed by atoms with Crippen LogP contribution < -0.4 is 16.2 Å². The lowest BCUT2D eigenvalue weighted by Crippen LogP contribution is -2.45. The molecule has 2 aromatic rings. The number of piperidine rings is 1. The second-order valence-electron chi connectivity index (χ2n) is 10.1. The molecule has 0 spiro atoms. The van der Waals surface area contributed by atoms with Gasteiger partial charge in [-0.2, -0.15) is 0 Å². The molecule has 3 fully saturated rings. The van der Waals surface area contributed by atoms with Gasteiger partial charge in [-0.25, -0.2) is 22.0 Å². The van der Waals surface area contributed by atoms with Crippen molar-refractivity contribution in [3.8, 4) is 0 Å². The second kappa shape index (κ2) is 8.86. The number of hydrogen-bond donors (Lipinski definition) is 2. The SMILES string of the molecule is C[C@@H](NC(=O)c1cn([C@H]2CCC2(F)F)c(=O)cc1N[C@@H]1[C@@H]2CN(C)C[C@@H]21)c1cccc(C(F)F)c1F. The van der Waals surface area contributed by atoms with Crippen LogP contribution in [-0.2, 0) is 0 Å². The van der Waals surface area contributed by atoms with Crippen molar-refractivity contribution in [1.29, 1.82) is 0 Å². The Morgan fingerprint density at radius 1 is 1.17 bits per heavy atom. The van der Waals surface area contributed by atoms with Crippen LogP contribution in [0.2, 0.25) is 0 Å². The van der Waals surface area contributed by atoms with Gasteiger partial charge in [0.1, 0.15) is 11.9 Å². The zero-order chi connectivity index (χ0) is 25.9. The molecule has 1 amide bonds. The van der Waals surface area contributed by atoms with Gasteiger partial charge in [0.2, 0.25) is 0 Å². The molecule has 11 heteroatoms. The smallest absolute Gasteiger partial charge is 0.268 e. The summed E-state index contributed by atoms with van der Waals surface area (Å²) in [4.78, 5) is 28.2. The molecule has 0 radical (unpaired) electrons. The number of aromatic nitrogens is 1. The first kappa shape index (κ1) is 24.7. The van der Waals surface area contributed by atoms with E-state index in [-0.39, 0.29) is 35.7 Å². The number of anilines is 1. The molecule has 5 atom stereocenters. The summed E-state index contributed by atoms with van der Waals surface area (Å²) in [7, 11) is 2.01. The van der Waals surface area contributed by atoms with Gasteiger partial charge in [-0.15, -0.1) is 0 Å². The number of carbonyl (C=O) groups excluding carboxylic acids is 1. The predicted octanol–water partition coefficient (Wildman–Crippen LogP) is 4.36. The number of hydrogen-bond acceptors (Lipinski definition) is 4. The van der Waals surface area contributed by atoms with Crippen LogP contribution in [0, 0.1) is 17.7 Å². The molecule has 0 unspecified atom stereocenters. The number of rotatable bonds is 7. The second-order valence-corrected chi connectivity index (χ2v) is 10.1. The third-order valence-electron chi connectivity index (χ3n) is 7.71. The number of benzene rings is 1. The van der Waals surface area contributed by atoms with Gasteiger partial charge in [0.05, 0.1) is 22.9 Å². The number of carbonyl (C=O) groups is 1.